The Balaban J connectivity index is 1.43. The van der Waals surface area contributed by atoms with Gasteiger partial charge in [0.05, 0.1) is 35.6 Å². The second-order valence-corrected chi connectivity index (χ2v) is 9.13. The Labute approximate surface area is 195 Å². The molecule has 0 amide bonds. The smallest absolute Gasteiger partial charge is 0.335 e. The number of aliphatic carboxylic acids is 1. The molecule has 2 aliphatic carbocycles. The molecule has 34 heavy (non-hydrogen) atoms. The molecule has 1 heterocycles. The van der Waals surface area contributed by atoms with E-state index in [0.717, 1.165) is 27.8 Å². The van der Waals surface area contributed by atoms with E-state index < -0.39 is 11.9 Å². The molecule has 7 nitrogen and oxygen atoms in total. The lowest BCUT2D eigenvalue weighted by Crippen LogP contribution is -2.11. The fraction of sp³-hybridized carbons (Fsp3) is 0.308. The predicted octanol–water partition coefficient (Wildman–Crippen LogP) is 4.89. The molecule has 1 aromatic heterocycles. The number of carboxylic acids is 2. The number of benzene rings is 2. The van der Waals surface area contributed by atoms with Crippen LogP contribution in [-0.4, -0.2) is 32.1 Å². The first-order valence-corrected chi connectivity index (χ1v) is 11.2. The van der Waals surface area contributed by atoms with E-state index >= 15 is 0 Å². The topological polar surface area (TPSA) is 112 Å². The molecule has 2 aromatic carbocycles. The molecule has 0 radical (unpaired) electrons. The van der Waals surface area contributed by atoms with Crippen molar-refractivity contribution in [1.82, 2.24) is 9.97 Å². The second kappa shape index (κ2) is 8.20. The van der Waals surface area contributed by atoms with Gasteiger partial charge in [0.15, 0.2) is 0 Å². The highest BCUT2D eigenvalue weighted by atomic mass is 19.1. The van der Waals surface area contributed by atoms with Crippen molar-refractivity contribution in [2.45, 2.75) is 45.1 Å². The van der Waals surface area contributed by atoms with Gasteiger partial charge in [-0.05, 0) is 79.1 Å². The number of carbonyl (C=O) groups is 2. The normalized spacial score (nSPS) is 20.6. The molecule has 3 aromatic rings. The molecule has 0 unspecified atom stereocenters. The van der Waals surface area contributed by atoms with Crippen molar-refractivity contribution in [3.8, 4) is 11.1 Å². The lowest BCUT2D eigenvalue weighted by molar-refractivity contribution is -0.138. The number of nitrogens with zero attached hydrogens (tertiary/aromatic N) is 2. The van der Waals surface area contributed by atoms with E-state index in [-0.39, 0.29) is 29.3 Å². The molecule has 0 bridgehead atoms. The van der Waals surface area contributed by atoms with Crippen molar-refractivity contribution < 1.29 is 24.2 Å². The minimum absolute atomic E-state index is 0.0924. The van der Waals surface area contributed by atoms with Crippen LogP contribution in [0.25, 0.3) is 11.1 Å². The number of carboxylic acid groups (broad SMARTS) is 2. The van der Waals surface area contributed by atoms with E-state index in [4.69, 9.17) is 5.11 Å². The van der Waals surface area contributed by atoms with Gasteiger partial charge in [-0.3, -0.25) is 9.78 Å². The monoisotopic (exact) mass is 461 g/mol. The zero-order valence-corrected chi connectivity index (χ0v) is 18.8. The molecule has 0 spiro atoms. The van der Waals surface area contributed by atoms with Gasteiger partial charge >= 0.3 is 11.9 Å². The second-order valence-electron chi connectivity index (χ2n) is 9.13. The first kappa shape index (κ1) is 22.0. The number of halogens is 1. The quantitative estimate of drug-likeness (QED) is 0.479. The average Bonchev–Trinajstić information content (AvgIpc) is 3.49. The third-order valence-electron chi connectivity index (χ3n) is 6.87. The van der Waals surface area contributed by atoms with Crippen molar-refractivity contribution in [2.75, 3.05) is 5.32 Å². The molecular formula is C26H24FN3O4. The van der Waals surface area contributed by atoms with Gasteiger partial charge in [0, 0.05) is 11.5 Å². The number of aromatic carboxylic acids is 1. The van der Waals surface area contributed by atoms with Gasteiger partial charge in [0.1, 0.15) is 11.6 Å². The maximum absolute atomic E-state index is 15.0. The minimum atomic E-state index is -0.973. The third-order valence-corrected chi connectivity index (χ3v) is 6.87. The zero-order chi connectivity index (χ0) is 24.1. The number of anilines is 1. The summed E-state index contributed by atoms with van der Waals surface area (Å²) in [5, 5.41) is 21.7. The van der Waals surface area contributed by atoms with Crippen molar-refractivity contribution in [3.63, 3.8) is 0 Å². The van der Waals surface area contributed by atoms with E-state index in [2.05, 4.69) is 15.3 Å². The minimum Gasteiger partial charge on any atom is -0.481 e. The number of aromatic nitrogens is 2. The Kier molecular flexibility index (Phi) is 5.31. The summed E-state index contributed by atoms with van der Waals surface area (Å²) in [6.07, 6.45) is 5.10. The van der Waals surface area contributed by atoms with Crippen molar-refractivity contribution in [2.24, 2.45) is 5.92 Å². The van der Waals surface area contributed by atoms with Crippen LogP contribution in [0.4, 0.5) is 10.2 Å². The van der Waals surface area contributed by atoms with Crippen LogP contribution in [0.2, 0.25) is 0 Å². The van der Waals surface area contributed by atoms with Crippen molar-refractivity contribution >= 4 is 17.8 Å². The van der Waals surface area contributed by atoms with Crippen LogP contribution < -0.4 is 5.32 Å². The Morgan fingerprint density at radius 3 is 2.41 bits per heavy atom. The van der Waals surface area contributed by atoms with Crippen LogP contribution in [0.1, 0.15) is 63.1 Å². The van der Waals surface area contributed by atoms with Crippen molar-refractivity contribution in [3.05, 3.63) is 76.0 Å². The lowest BCUT2D eigenvalue weighted by Gasteiger charge is -2.18. The van der Waals surface area contributed by atoms with Gasteiger partial charge in [-0.25, -0.2) is 14.2 Å². The number of fused-ring (bicyclic) bond motifs is 1. The van der Waals surface area contributed by atoms with E-state index in [9.17, 15) is 19.1 Å². The van der Waals surface area contributed by atoms with Crippen LogP contribution in [0.15, 0.2) is 36.7 Å². The number of aryl methyl sites for hydroxylation is 2. The van der Waals surface area contributed by atoms with Gasteiger partial charge in [0.2, 0.25) is 0 Å². The van der Waals surface area contributed by atoms with Crippen molar-refractivity contribution in [1.29, 1.82) is 0 Å². The van der Waals surface area contributed by atoms with Gasteiger partial charge < -0.3 is 15.5 Å². The third kappa shape index (κ3) is 3.79. The maximum atomic E-state index is 15.0. The molecule has 0 saturated heterocycles. The van der Waals surface area contributed by atoms with E-state index in [1.54, 1.807) is 30.6 Å². The summed E-state index contributed by atoms with van der Waals surface area (Å²) < 4.78 is 15.0. The Morgan fingerprint density at radius 2 is 1.82 bits per heavy atom. The molecule has 3 atom stereocenters. The molecule has 0 aliphatic heterocycles. The van der Waals surface area contributed by atoms with Gasteiger partial charge in [-0.1, -0.05) is 6.07 Å². The lowest BCUT2D eigenvalue weighted by atomic mass is 9.89. The summed E-state index contributed by atoms with van der Waals surface area (Å²) in [7, 11) is 0. The number of nitrogens with one attached hydrogen (secondary N) is 1. The Bertz CT molecular complexity index is 1300. The molecule has 3 N–H and O–H groups in total. The summed E-state index contributed by atoms with van der Waals surface area (Å²) >= 11 is 0. The van der Waals surface area contributed by atoms with E-state index in [1.807, 2.05) is 13.8 Å². The Morgan fingerprint density at radius 1 is 1.09 bits per heavy atom. The van der Waals surface area contributed by atoms with Gasteiger partial charge in [0.25, 0.3) is 0 Å². The number of rotatable bonds is 6. The summed E-state index contributed by atoms with van der Waals surface area (Å²) in [6, 6.07) is 6.26. The van der Waals surface area contributed by atoms with E-state index in [0.29, 0.717) is 36.3 Å². The van der Waals surface area contributed by atoms with Crippen LogP contribution in [0.3, 0.4) is 0 Å². The highest BCUT2D eigenvalue weighted by Crippen LogP contribution is 2.47. The largest absolute Gasteiger partial charge is 0.481 e. The first-order chi connectivity index (χ1) is 16.2. The van der Waals surface area contributed by atoms with E-state index in [1.165, 1.54) is 6.07 Å². The first-order valence-electron chi connectivity index (χ1n) is 11.2. The highest BCUT2D eigenvalue weighted by molar-refractivity contribution is 5.90. The fourth-order valence-electron chi connectivity index (χ4n) is 5.18. The summed E-state index contributed by atoms with van der Waals surface area (Å²) in [6.45, 7) is 3.75. The molecule has 1 saturated carbocycles. The fourth-order valence-corrected chi connectivity index (χ4v) is 5.18. The summed E-state index contributed by atoms with van der Waals surface area (Å²) in [4.78, 5) is 31.3. The van der Waals surface area contributed by atoms with Gasteiger partial charge in [-0.15, -0.1) is 0 Å². The molecular weight excluding hydrogens is 437 g/mol. The number of hydrogen-bond acceptors (Lipinski definition) is 5. The molecule has 174 valence electrons. The number of hydrogen-bond donors (Lipinski definition) is 3. The summed E-state index contributed by atoms with van der Waals surface area (Å²) in [5.74, 6) is -2.05. The molecule has 2 aliphatic rings. The van der Waals surface area contributed by atoms with Crippen LogP contribution >= 0.6 is 0 Å². The standard InChI is InChI=1S/C26H24FN3O4/c1-12-7-14(25(31)32)8-13(2)23(12)15-3-5-19(27)24-16(15)4-6-20(24)30-22-11-28-21(10-29-22)17-9-18(17)26(33)34/h3,5,7-8,10-11,17-18,20H,4,6,9H2,1-2H3,(H,29,30)(H,31,32)(H,33,34)/t17-,18-,20+/m0/s1. The average molecular weight is 461 g/mol. The van der Waals surface area contributed by atoms with Crippen LogP contribution in [-0.2, 0) is 11.2 Å². The molecule has 1 fully saturated rings. The molecule has 8 heteroatoms. The summed E-state index contributed by atoms with van der Waals surface area (Å²) in [5.41, 5.74) is 5.93. The van der Waals surface area contributed by atoms with Crippen LogP contribution in [0.5, 0.6) is 0 Å². The SMILES string of the molecule is Cc1cc(C(=O)O)cc(C)c1-c1ccc(F)c2c1CC[C@H]2Nc1cnc([C@H]2C[C@@H]2C(=O)O)cn1. The van der Waals surface area contributed by atoms with Gasteiger partial charge in [-0.2, -0.15) is 0 Å². The molecule has 5 rings (SSSR count). The Hall–Kier alpha value is -3.81. The zero-order valence-electron chi connectivity index (χ0n) is 18.8. The predicted molar refractivity (Wildman–Crippen MR) is 123 cm³/mol. The highest BCUT2D eigenvalue weighted by Gasteiger charge is 2.45. The maximum Gasteiger partial charge on any atom is 0.335 e. The van der Waals surface area contributed by atoms with Crippen LogP contribution in [0, 0.1) is 25.6 Å².